The second-order valence-electron chi connectivity index (χ2n) is 3.95. The first-order valence-electron chi connectivity index (χ1n) is 4.77. The normalized spacial score (nSPS) is 22.2. The number of hydrogen-bond acceptors (Lipinski definition) is 3. The third-order valence-electron chi connectivity index (χ3n) is 2.71. The fourth-order valence-corrected chi connectivity index (χ4v) is 1.34. The predicted molar refractivity (Wildman–Crippen MR) is 49.6 cm³/mol. The van der Waals surface area contributed by atoms with Gasteiger partial charge in [0.1, 0.15) is 0 Å². The molecule has 1 fully saturated rings. The smallest absolute Gasteiger partial charge is 0.0638 e. The summed E-state index contributed by atoms with van der Waals surface area (Å²) >= 11 is 0. The number of nitrogens with one attached hydrogen (secondary N) is 1. The van der Waals surface area contributed by atoms with Gasteiger partial charge in [0.2, 0.25) is 0 Å². The number of ether oxygens (including phenoxy) is 1. The van der Waals surface area contributed by atoms with Crippen molar-refractivity contribution in [2.75, 3.05) is 13.2 Å². The van der Waals surface area contributed by atoms with Gasteiger partial charge in [-0.3, -0.25) is 11.3 Å². The van der Waals surface area contributed by atoms with Crippen LogP contribution in [0.15, 0.2) is 0 Å². The van der Waals surface area contributed by atoms with Crippen molar-refractivity contribution in [1.29, 1.82) is 0 Å². The molecule has 1 saturated carbocycles. The Morgan fingerprint density at radius 3 is 2.67 bits per heavy atom. The summed E-state index contributed by atoms with van der Waals surface area (Å²) in [5.41, 5.74) is 3.24. The van der Waals surface area contributed by atoms with E-state index in [0.29, 0.717) is 11.5 Å². The van der Waals surface area contributed by atoms with E-state index in [0.717, 1.165) is 19.6 Å². The molecule has 3 N–H and O–H groups in total. The molecule has 0 aromatic carbocycles. The van der Waals surface area contributed by atoms with Gasteiger partial charge in [0.05, 0.1) is 6.61 Å². The van der Waals surface area contributed by atoms with Gasteiger partial charge in [-0.05, 0) is 24.7 Å². The van der Waals surface area contributed by atoms with E-state index in [9.17, 15) is 0 Å². The Bertz CT molecular complexity index is 134. The van der Waals surface area contributed by atoms with Crippen molar-refractivity contribution in [3.05, 3.63) is 0 Å². The summed E-state index contributed by atoms with van der Waals surface area (Å²) in [7, 11) is 0. The topological polar surface area (TPSA) is 47.3 Å². The standard InChI is InChI=1S/C9H20N2O/c1-3-6-12-7-8(11-10)9(2)4-5-9/h8,11H,3-7,10H2,1-2H3. The number of nitrogens with two attached hydrogens (primary N) is 1. The second-order valence-corrected chi connectivity index (χ2v) is 3.95. The van der Waals surface area contributed by atoms with Gasteiger partial charge in [-0.15, -0.1) is 0 Å². The van der Waals surface area contributed by atoms with Crippen molar-refractivity contribution in [2.45, 2.75) is 39.2 Å². The van der Waals surface area contributed by atoms with Gasteiger partial charge >= 0.3 is 0 Å². The van der Waals surface area contributed by atoms with Gasteiger partial charge < -0.3 is 4.74 Å². The van der Waals surface area contributed by atoms with Crippen LogP contribution in [0.25, 0.3) is 0 Å². The molecule has 3 heteroatoms. The second kappa shape index (κ2) is 4.21. The molecule has 0 heterocycles. The Hall–Kier alpha value is -0.120. The molecular formula is C9H20N2O. The molecule has 1 aliphatic carbocycles. The van der Waals surface area contributed by atoms with Gasteiger partial charge in [-0.1, -0.05) is 13.8 Å². The minimum absolute atomic E-state index is 0.337. The van der Waals surface area contributed by atoms with Crippen LogP contribution in [0.4, 0.5) is 0 Å². The first-order valence-corrected chi connectivity index (χ1v) is 4.77. The number of hydrazine groups is 1. The van der Waals surface area contributed by atoms with Crippen molar-refractivity contribution >= 4 is 0 Å². The Kier molecular flexibility index (Phi) is 3.50. The van der Waals surface area contributed by atoms with Crippen LogP contribution in [0, 0.1) is 5.41 Å². The maximum Gasteiger partial charge on any atom is 0.0638 e. The highest BCUT2D eigenvalue weighted by Crippen LogP contribution is 2.47. The Balaban J connectivity index is 2.17. The van der Waals surface area contributed by atoms with Gasteiger partial charge in [0.15, 0.2) is 0 Å². The Labute approximate surface area is 74.6 Å². The molecular weight excluding hydrogens is 152 g/mol. The maximum atomic E-state index is 5.46. The number of hydrogen-bond donors (Lipinski definition) is 2. The SMILES string of the molecule is CCCOCC(NN)C1(C)CC1. The third kappa shape index (κ3) is 2.44. The molecule has 1 rings (SSSR count). The van der Waals surface area contributed by atoms with Crippen LogP contribution < -0.4 is 11.3 Å². The van der Waals surface area contributed by atoms with Crippen LogP contribution in [-0.2, 0) is 4.74 Å². The van der Waals surface area contributed by atoms with E-state index in [4.69, 9.17) is 10.6 Å². The average molecular weight is 172 g/mol. The summed E-state index contributed by atoms with van der Waals surface area (Å²) in [6, 6.07) is 0.337. The summed E-state index contributed by atoms with van der Waals surface area (Å²) < 4.78 is 5.46. The van der Waals surface area contributed by atoms with E-state index in [2.05, 4.69) is 19.3 Å². The van der Waals surface area contributed by atoms with Crippen LogP contribution in [0.1, 0.15) is 33.1 Å². The van der Waals surface area contributed by atoms with Crippen molar-refractivity contribution < 1.29 is 4.74 Å². The molecule has 0 amide bonds. The fourth-order valence-electron chi connectivity index (χ4n) is 1.34. The van der Waals surface area contributed by atoms with Gasteiger partial charge in [0, 0.05) is 12.6 Å². The Morgan fingerprint density at radius 2 is 2.25 bits per heavy atom. The van der Waals surface area contributed by atoms with Crippen LogP contribution in [-0.4, -0.2) is 19.3 Å². The summed E-state index contributed by atoms with van der Waals surface area (Å²) in [6.07, 6.45) is 3.63. The lowest BCUT2D eigenvalue weighted by Gasteiger charge is -2.22. The Morgan fingerprint density at radius 1 is 1.58 bits per heavy atom. The van der Waals surface area contributed by atoms with Crippen molar-refractivity contribution in [3.63, 3.8) is 0 Å². The van der Waals surface area contributed by atoms with Crippen molar-refractivity contribution in [3.8, 4) is 0 Å². The molecule has 1 aliphatic rings. The zero-order valence-corrected chi connectivity index (χ0v) is 8.10. The quantitative estimate of drug-likeness (QED) is 0.357. The zero-order valence-electron chi connectivity index (χ0n) is 8.10. The lowest BCUT2D eigenvalue weighted by molar-refractivity contribution is 0.0914. The highest BCUT2D eigenvalue weighted by molar-refractivity contribution is 4.97. The van der Waals surface area contributed by atoms with E-state index in [1.165, 1.54) is 12.8 Å². The first-order chi connectivity index (χ1) is 5.73. The molecule has 1 atom stereocenters. The minimum Gasteiger partial charge on any atom is -0.380 e. The molecule has 72 valence electrons. The molecule has 3 nitrogen and oxygen atoms in total. The third-order valence-corrected chi connectivity index (χ3v) is 2.71. The summed E-state index contributed by atoms with van der Waals surface area (Å²) in [6.45, 7) is 5.96. The molecule has 0 saturated heterocycles. The van der Waals surface area contributed by atoms with Crippen LogP contribution in [0.2, 0.25) is 0 Å². The first kappa shape index (κ1) is 9.96. The molecule has 12 heavy (non-hydrogen) atoms. The van der Waals surface area contributed by atoms with E-state index in [1.54, 1.807) is 0 Å². The molecule has 0 spiro atoms. The summed E-state index contributed by atoms with van der Waals surface area (Å²) in [5.74, 6) is 5.45. The molecule has 1 unspecified atom stereocenters. The molecule has 0 aliphatic heterocycles. The van der Waals surface area contributed by atoms with Crippen LogP contribution in [0.3, 0.4) is 0 Å². The van der Waals surface area contributed by atoms with Crippen LogP contribution in [0.5, 0.6) is 0 Å². The average Bonchev–Trinajstić information content (AvgIpc) is 2.78. The highest BCUT2D eigenvalue weighted by atomic mass is 16.5. The summed E-state index contributed by atoms with van der Waals surface area (Å²) in [4.78, 5) is 0. The predicted octanol–water partition coefficient (Wildman–Crippen LogP) is 1.04. The minimum atomic E-state index is 0.337. The van der Waals surface area contributed by atoms with Gasteiger partial charge in [-0.2, -0.15) is 0 Å². The van der Waals surface area contributed by atoms with Gasteiger partial charge in [0.25, 0.3) is 0 Å². The van der Waals surface area contributed by atoms with E-state index in [1.807, 2.05) is 0 Å². The van der Waals surface area contributed by atoms with Crippen molar-refractivity contribution in [1.82, 2.24) is 5.43 Å². The lowest BCUT2D eigenvalue weighted by Crippen LogP contribution is -2.44. The van der Waals surface area contributed by atoms with E-state index >= 15 is 0 Å². The van der Waals surface area contributed by atoms with Crippen molar-refractivity contribution in [2.24, 2.45) is 11.3 Å². The van der Waals surface area contributed by atoms with E-state index < -0.39 is 0 Å². The highest BCUT2D eigenvalue weighted by Gasteiger charge is 2.44. The molecule has 0 bridgehead atoms. The molecule has 0 aromatic heterocycles. The number of rotatable bonds is 6. The lowest BCUT2D eigenvalue weighted by atomic mass is 10.0. The molecule has 0 radical (unpaired) electrons. The van der Waals surface area contributed by atoms with Gasteiger partial charge in [-0.25, -0.2) is 0 Å². The monoisotopic (exact) mass is 172 g/mol. The largest absolute Gasteiger partial charge is 0.380 e. The fraction of sp³-hybridized carbons (Fsp3) is 1.00. The van der Waals surface area contributed by atoms with E-state index in [-0.39, 0.29) is 0 Å². The zero-order chi connectivity index (χ0) is 9.03. The summed E-state index contributed by atoms with van der Waals surface area (Å²) in [5, 5.41) is 0. The maximum absolute atomic E-state index is 5.46. The van der Waals surface area contributed by atoms with Crippen LogP contribution >= 0.6 is 0 Å². The molecule has 0 aromatic rings.